The van der Waals surface area contributed by atoms with Crippen molar-refractivity contribution in [2.75, 3.05) is 19.8 Å². The van der Waals surface area contributed by atoms with E-state index in [4.69, 9.17) is 10.5 Å². The topological polar surface area (TPSA) is 71.3 Å². The number of nitrogens with zero attached hydrogens (tertiary/aromatic N) is 1. The molecule has 3 heterocycles. The highest BCUT2D eigenvalue weighted by Crippen LogP contribution is 2.28. The third kappa shape index (κ3) is 2.04. The van der Waals surface area contributed by atoms with E-state index in [1.54, 1.807) is 0 Å². The molecule has 1 fully saturated rings. The molecule has 5 nitrogen and oxygen atoms in total. The van der Waals surface area contributed by atoms with Crippen LogP contribution >= 0.6 is 0 Å². The number of carbonyl (C=O) groups excluding carboxylic acids is 1. The van der Waals surface area contributed by atoms with Crippen molar-refractivity contribution >= 4 is 16.8 Å². The standard InChI is InChI=1S/C16H19N3O2/c17-13-9-21-8-12(13)16(20)19-6-5-15-11(7-19)10-3-1-2-4-14(10)18-15/h1-4,12-13,18H,5-9,17H2. The van der Waals surface area contributed by atoms with Crippen molar-refractivity contribution in [3.05, 3.63) is 35.5 Å². The van der Waals surface area contributed by atoms with Gasteiger partial charge in [-0.1, -0.05) is 18.2 Å². The minimum absolute atomic E-state index is 0.135. The third-order valence-corrected chi connectivity index (χ3v) is 4.64. The van der Waals surface area contributed by atoms with Crippen LogP contribution in [-0.4, -0.2) is 41.6 Å². The highest BCUT2D eigenvalue weighted by molar-refractivity contribution is 5.86. The molecule has 2 aromatic rings. The Kier molecular flexibility index (Phi) is 2.97. The average molecular weight is 285 g/mol. The van der Waals surface area contributed by atoms with Gasteiger partial charge in [-0.25, -0.2) is 0 Å². The van der Waals surface area contributed by atoms with E-state index in [-0.39, 0.29) is 17.9 Å². The van der Waals surface area contributed by atoms with Crippen molar-refractivity contribution in [1.29, 1.82) is 0 Å². The van der Waals surface area contributed by atoms with Crippen LogP contribution in [0.15, 0.2) is 24.3 Å². The summed E-state index contributed by atoms with van der Waals surface area (Å²) >= 11 is 0. The summed E-state index contributed by atoms with van der Waals surface area (Å²) in [5, 5.41) is 1.22. The molecule has 1 aromatic carbocycles. The molecule has 0 aliphatic carbocycles. The van der Waals surface area contributed by atoms with Gasteiger partial charge in [0.25, 0.3) is 0 Å². The Hall–Kier alpha value is -1.85. The number of aromatic nitrogens is 1. The van der Waals surface area contributed by atoms with E-state index in [2.05, 4.69) is 17.1 Å². The van der Waals surface area contributed by atoms with E-state index in [1.807, 2.05) is 17.0 Å². The van der Waals surface area contributed by atoms with Gasteiger partial charge < -0.3 is 20.4 Å². The summed E-state index contributed by atoms with van der Waals surface area (Å²) in [4.78, 5) is 18.0. The lowest BCUT2D eigenvalue weighted by atomic mass is 9.99. The smallest absolute Gasteiger partial charge is 0.229 e. The van der Waals surface area contributed by atoms with Crippen LogP contribution in [0.2, 0.25) is 0 Å². The monoisotopic (exact) mass is 285 g/mol. The number of H-pyrrole nitrogens is 1. The molecule has 5 heteroatoms. The van der Waals surface area contributed by atoms with E-state index in [0.29, 0.717) is 19.8 Å². The van der Waals surface area contributed by atoms with Gasteiger partial charge in [-0.05, 0) is 6.07 Å². The zero-order chi connectivity index (χ0) is 14.4. The highest BCUT2D eigenvalue weighted by Gasteiger charge is 2.35. The van der Waals surface area contributed by atoms with Crippen molar-refractivity contribution in [3.8, 4) is 0 Å². The van der Waals surface area contributed by atoms with Crippen molar-refractivity contribution in [1.82, 2.24) is 9.88 Å². The molecule has 2 aliphatic rings. The van der Waals surface area contributed by atoms with Crippen molar-refractivity contribution in [2.24, 2.45) is 11.7 Å². The van der Waals surface area contributed by atoms with Crippen LogP contribution in [0.4, 0.5) is 0 Å². The third-order valence-electron chi connectivity index (χ3n) is 4.64. The van der Waals surface area contributed by atoms with E-state index in [0.717, 1.165) is 18.5 Å². The van der Waals surface area contributed by atoms with Gasteiger partial charge >= 0.3 is 0 Å². The molecule has 2 atom stereocenters. The average Bonchev–Trinajstić information content (AvgIpc) is 3.09. The highest BCUT2D eigenvalue weighted by atomic mass is 16.5. The number of hydrogen-bond acceptors (Lipinski definition) is 3. The predicted molar refractivity (Wildman–Crippen MR) is 79.7 cm³/mol. The van der Waals surface area contributed by atoms with E-state index in [1.165, 1.54) is 16.6 Å². The molecule has 1 amide bonds. The van der Waals surface area contributed by atoms with Gasteiger partial charge in [0.1, 0.15) is 0 Å². The number of carbonyl (C=O) groups is 1. The van der Waals surface area contributed by atoms with Crippen LogP contribution in [-0.2, 0) is 22.5 Å². The van der Waals surface area contributed by atoms with Crippen LogP contribution in [0, 0.1) is 5.92 Å². The minimum Gasteiger partial charge on any atom is -0.379 e. The maximum atomic E-state index is 12.6. The maximum absolute atomic E-state index is 12.6. The quantitative estimate of drug-likeness (QED) is 0.822. The molecule has 4 rings (SSSR count). The molecular weight excluding hydrogens is 266 g/mol. The molecule has 3 N–H and O–H groups in total. The number of nitrogens with two attached hydrogens (primary N) is 1. The SMILES string of the molecule is NC1COCC1C(=O)N1CCc2[nH]c3ccccc3c2C1. The van der Waals surface area contributed by atoms with Gasteiger partial charge in [0.05, 0.1) is 19.1 Å². The van der Waals surface area contributed by atoms with Crippen LogP contribution in [0.25, 0.3) is 10.9 Å². The fraction of sp³-hybridized carbons (Fsp3) is 0.438. The lowest BCUT2D eigenvalue weighted by Crippen LogP contribution is -2.45. The first-order valence-corrected chi connectivity index (χ1v) is 7.44. The normalized spacial score (nSPS) is 25.3. The van der Waals surface area contributed by atoms with Crippen molar-refractivity contribution in [2.45, 2.75) is 19.0 Å². The summed E-state index contributed by atoms with van der Waals surface area (Å²) in [7, 11) is 0. The Morgan fingerprint density at radius 2 is 2.19 bits per heavy atom. The summed E-state index contributed by atoms with van der Waals surface area (Å²) in [6.45, 7) is 2.36. The second-order valence-electron chi connectivity index (χ2n) is 5.95. The maximum Gasteiger partial charge on any atom is 0.229 e. The Bertz CT molecular complexity index is 694. The first-order valence-electron chi connectivity index (χ1n) is 7.44. The summed E-state index contributed by atoms with van der Waals surface area (Å²) in [6.07, 6.45) is 0.874. The van der Waals surface area contributed by atoms with Gasteiger partial charge in [0, 0.05) is 47.7 Å². The zero-order valence-corrected chi connectivity index (χ0v) is 11.8. The van der Waals surface area contributed by atoms with Gasteiger partial charge in [-0.2, -0.15) is 0 Å². The van der Waals surface area contributed by atoms with Crippen molar-refractivity contribution in [3.63, 3.8) is 0 Å². The first kappa shape index (κ1) is 12.9. The Balaban J connectivity index is 1.62. The van der Waals surface area contributed by atoms with E-state index >= 15 is 0 Å². The van der Waals surface area contributed by atoms with Gasteiger partial charge in [0.2, 0.25) is 5.91 Å². The molecule has 21 heavy (non-hydrogen) atoms. The minimum atomic E-state index is -0.184. The molecule has 0 spiro atoms. The molecular formula is C16H19N3O2. The Labute approximate surface area is 123 Å². The van der Waals surface area contributed by atoms with Crippen LogP contribution < -0.4 is 5.73 Å². The Morgan fingerprint density at radius 3 is 3.00 bits per heavy atom. The number of ether oxygens (including phenoxy) is 1. The second kappa shape index (κ2) is 4.86. The van der Waals surface area contributed by atoms with E-state index in [9.17, 15) is 4.79 Å². The van der Waals surface area contributed by atoms with Crippen molar-refractivity contribution < 1.29 is 9.53 Å². The number of rotatable bonds is 1. The Morgan fingerprint density at radius 1 is 1.33 bits per heavy atom. The summed E-state index contributed by atoms with van der Waals surface area (Å²) < 4.78 is 5.33. The molecule has 2 aliphatic heterocycles. The lowest BCUT2D eigenvalue weighted by molar-refractivity contribution is -0.136. The molecule has 1 aromatic heterocycles. The van der Waals surface area contributed by atoms with Crippen LogP contribution in [0.1, 0.15) is 11.3 Å². The fourth-order valence-electron chi connectivity index (χ4n) is 3.41. The number of amides is 1. The number of para-hydroxylation sites is 1. The molecule has 0 saturated carbocycles. The zero-order valence-electron chi connectivity index (χ0n) is 11.8. The number of fused-ring (bicyclic) bond motifs is 3. The number of benzene rings is 1. The summed E-state index contributed by atoms with van der Waals surface area (Å²) in [6, 6.07) is 8.10. The largest absolute Gasteiger partial charge is 0.379 e. The number of hydrogen-bond donors (Lipinski definition) is 2. The number of aromatic amines is 1. The van der Waals surface area contributed by atoms with Gasteiger partial charge in [0.15, 0.2) is 0 Å². The number of nitrogens with one attached hydrogen (secondary N) is 1. The second-order valence-corrected chi connectivity index (χ2v) is 5.95. The van der Waals surface area contributed by atoms with Crippen LogP contribution in [0.5, 0.6) is 0 Å². The molecule has 1 saturated heterocycles. The lowest BCUT2D eigenvalue weighted by Gasteiger charge is -2.30. The summed E-state index contributed by atoms with van der Waals surface area (Å²) in [5.41, 5.74) is 9.63. The van der Waals surface area contributed by atoms with E-state index < -0.39 is 0 Å². The van der Waals surface area contributed by atoms with Crippen LogP contribution in [0.3, 0.4) is 0 Å². The fourth-order valence-corrected chi connectivity index (χ4v) is 3.41. The molecule has 110 valence electrons. The predicted octanol–water partition coefficient (Wildman–Crippen LogP) is 1.03. The van der Waals surface area contributed by atoms with Gasteiger partial charge in [-0.15, -0.1) is 0 Å². The molecule has 0 radical (unpaired) electrons. The molecule has 2 unspecified atom stereocenters. The first-order chi connectivity index (χ1) is 10.2. The molecule has 0 bridgehead atoms. The van der Waals surface area contributed by atoms with Gasteiger partial charge in [-0.3, -0.25) is 4.79 Å². The summed E-state index contributed by atoms with van der Waals surface area (Å²) in [5.74, 6) is -0.0484.